The lowest BCUT2D eigenvalue weighted by molar-refractivity contribution is 0.231. The molecule has 0 fully saturated rings. The van der Waals surface area contributed by atoms with Gasteiger partial charge in [0.05, 0.1) is 6.61 Å². The van der Waals surface area contributed by atoms with E-state index in [4.69, 9.17) is 15.4 Å². The Morgan fingerprint density at radius 3 is 2.59 bits per heavy atom. The van der Waals surface area contributed by atoms with E-state index in [1.54, 1.807) is 0 Å². The van der Waals surface area contributed by atoms with Gasteiger partial charge in [0.2, 0.25) is 5.88 Å². The minimum atomic E-state index is -3.81. The highest BCUT2D eigenvalue weighted by atomic mass is 35.7. The van der Waals surface area contributed by atoms with Gasteiger partial charge in [-0.1, -0.05) is 20.8 Å². The summed E-state index contributed by atoms with van der Waals surface area (Å²) in [6.45, 7) is 6.63. The molecule has 0 spiro atoms. The van der Waals surface area contributed by atoms with E-state index in [1.165, 1.54) is 18.3 Å². The number of pyridine rings is 1. The first-order valence-corrected chi connectivity index (χ1v) is 7.53. The Morgan fingerprint density at radius 1 is 1.41 bits per heavy atom. The lowest BCUT2D eigenvalue weighted by Gasteiger charge is -2.18. The predicted octanol–water partition coefficient (Wildman–Crippen LogP) is 2.82. The van der Waals surface area contributed by atoms with Crippen LogP contribution < -0.4 is 4.74 Å². The van der Waals surface area contributed by atoms with Gasteiger partial charge in [0.25, 0.3) is 9.05 Å². The summed E-state index contributed by atoms with van der Waals surface area (Å²) >= 11 is 0. The number of aromatic nitrogens is 1. The second-order valence-electron chi connectivity index (χ2n) is 4.90. The fraction of sp³-hybridized carbons (Fsp3) is 0.545. The van der Waals surface area contributed by atoms with Crippen LogP contribution in [0.15, 0.2) is 23.2 Å². The molecule has 1 rings (SSSR count). The van der Waals surface area contributed by atoms with Crippen molar-refractivity contribution in [2.75, 3.05) is 6.61 Å². The summed E-state index contributed by atoms with van der Waals surface area (Å²) in [4.78, 5) is 3.79. The van der Waals surface area contributed by atoms with Crippen molar-refractivity contribution in [1.29, 1.82) is 0 Å². The summed E-state index contributed by atoms with van der Waals surface area (Å²) in [5, 5.41) is 0. The van der Waals surface area contributed by atoms with Crippen molar-refractivity contribution >= 4 is 19.7 Å². The first-order chi connectivity index (χ1) is 7.70. The molecule has 6 heteroatoms. The number of halogens is 1. The standard InChI is InChI=1S/C11H16ClNO3S/c1-11(2,3)6-8-16-10-9(17(12,14)15)5-4-7-13-10/h4-5,7H,6,8H2,1-3H3. The van der Waals surface area contributed by atoms with Gasteiger partial charge >= 0.3 is 0 Å². The molecule has 0 unspecified atom stereocenters. The topological polar surface area (TPSA) is 56.3 Å². The molecule has 0 atom stereocenters. The third-order valence-electron chi connectivity index (χ3n) is 2.09. The Balaban J connectivity index is 2.79. The number of hydrogen-bond donors (Lipinski definition) is 0. The van der Waals surface area contributed by atoms with Crippen LogP contribution in [0, 0.1) is 5.41 Å². The zero-order valence-electron chi connectivity index (χ0n) is 10.1. The quantitative estimate of drug-likeness (QED) is 0.794. The maximum atomic E-state index is 11.3. The van der Waals surface area contributed by atoms with Crippen LogP contribution in [0.3, 0.4) is 0 Å². The monoisotopic (exact) mass is 277 g/mol. The van der Waals surface area contributed by atoms with Crippen LogP contribution in [0.1, 0.15) is 27.2 Å². The van der Waals surface area contributed by atoms with Gasteiger partial charge in [0.15, 0.2) is 0 Å². The summed E-state index contributed by atoms with van der Waals surface area (Å²) in [6, 6.07) is 2.88. The normalized spacial score (nSPS) is 12.5. The number of rotatable bonds is 4. The molecule has 4 nitrogen and oxygen atoms in total. The Morgan fingerprint density at radius 2 is 2.06 bits per heavy atom. The van der Waals surface area contributed by atoms with Crippen molar-refractivity contribution in [1.82, 2.24) is 4.98 Å². The first kappa shape index (κ1) is 14.3. The van der Waals surface area contributed by atoms with Gasteiger partial charge < -0.3 is 4.74 Å². The van der Waals surface area contributed by atoms with E-state index in [0.29, 0.717) is 6.61 Å². The van der Waals surface area contributed by atoms with Crippen LogP contribution in [0.5, 0.6) is 5.88 Å². The average Bonchev–Trinajstić information content (AvgIpc) is 2.15. The van der Waals surface area contributed by atoms with Crippen molar-refractivity contribution < 1.29 is 13.2 Å². The Bertz CT molecular complexity index is 480. The summed E-state index contributed by atoms with van der Waals surface area (Å²) < 4.78 is 27.9. The van der Waals surface area contributed by atoms with Gasteiger partial charge in [-0.25, -0.2) is 13.4 Å². The molecular weight excluding hydrogens is 262 g/mol. The number of ether oxygens (including phenoxy) is 1. The molecule has 1 aromatic heterocycles. The maximum Gasteiger partial charge on any atom is 0.266 e. The van der Waals surface area contributed by atoms with E-state index in [-0.39, 0.29) is 16.2 Å². The molecule has 0 saturated heterocycles. The lowest BCUT2D eigenvalue weighted by Crippen LogP contribution is -2.12. The summed E-state index contributed by atoms with van der Waals surface area (Å²) in [6.07, 6.45) is 2.27. The van der Waals surface area contributed by atoms with Crippen molar-refractivity contribution in [3.05, 3.63) is 18.3 Å². The molecule has 0 N–H and O–H groups in total. The van der Waals surface area contributed by atoms with E-state index < -0.39 is 9.05 Å². The highest BCUT2D eigenvalue weighted by Crippen LogP contribution is 2.25. The SMILES string of the molecule is CC(C)(C)CCOc1ncccc1S(=O)(=O)Cl. The van der Waals surface area contributed by atoms with Gasteiger partial charge in [-0.2, -0.15) is 0 Å². The second-order valence-corrected chi connectivity index (χ2v) is 7.44. The van der Waals surface area contributed by atoms with Gasteiger partial charge in [0, 0.05) is 16.9 Å². The van der Waals surface area contributed by atoms with E-state index in [1.807, 2.05) is 0 Å². The largest absolute Gasteiger partial charge is 0.477 e. The Hall–Kier alpha value is -0.810. The number of nitrogens with zero attached hydrogens (tertiary/aromatic N) is 1. The van der Waals surface area contributed by atoms with Crippen LogP contribution in [0.4, 0.5) is 0 Å². The molecule has 0 saturated carbocycles. The molecule has 0 aliphatic rings. The van der Waals surface area contributed by atoms with Crippen LogP contribution in [-0.4, -0.2) is 20.0 Å². The third kappa shape index (κ3) is 4.91. The zero-order valence-corrected chi connectivity index (χ0v) is 11.7. The van der Waals surface area contributed by atoms with Gasteiger partial charge in [-0.3, -0.25) is 0 Å². The molecule has 0 amide bonds. The maximum absolute atomic E-state index is 11.3. The van der Waals surface area contributed by atoms with E-state index in [2.05, 4.69) is 25.8 Å². The van der Waals surface area contributed by atoms with Gasteiger partial charge in [-0.15, -0.1) is 0 Å². The molecular formula is C11H16ClNO3S. The summed E-state index contributed by atoms with van der Waals surface area (Å²) in [5.74, 6) is 0.0618. The fourth-order valence-electron chi connectivity index (χ4n) is 1.12. The Labute approximate surface area is 106 Å². The minimum Gasteiger partial charge on any atom is -0.477 e. The highest BCUT2D eigenvalue weighted by molar-refractivity contribution is 8.13. The molecule has 0 aromatic carbocycles. The molecule has 0 aliphatic heterocycles. The summed E-state index contributed by atoms with van der Waals surface area (Å²) in [5.41, 5.74) is 0.120. The Kier molecular flexibility index (Phi) is 4.38. The van der Waals surface area contributed by atoms with Crippen molar-refractivity contribution in [3.8, 4) is 5.88 Å². The van der Waals surface area contributed by atoms with Crippen LogP contribution in [0.2, 0.25) is 0 Å². The van der Waals surface area contributed by atoms with Crippen LogP contribution >= 0.6 is 10.7 Å². The van der Waals surface area contributed by atoms with E-state index >= 15 is 0 Å². The van der Waals surface area contributed by atoms with E-state index in [9.17, 15) is 8.42 Å². The predicted molar refractivity (Wildman–Crippen MR) is 66.8 cm³/mol. The molecule has 0 radical (unpaired) electrons. The molecule has 1 aromatic rings. The smallest absolute Gasteiger partial charge is 0.266 e. The van der Waals surface area contributed by atoms with Crippen LogP contribution in [0.25, 0.3) is 0 Å². The van der Waals surface area contributed by atoms with Crippen molar-refractivity contribution in [3.63, 3.8) is 0 Å². The molecule has 17 heavy (non-hydrogen) atoms. The molecule has 0 bridgehead atoms. The lowest BCUT2D eigenvalue weighted by atomic mass is 9.93. The second kappa shape index (κ2) is 5.23. The van der Waals surface area contributed by atoms with Crippen molar-refractivity contribution in [2.24, 2.45) is 5.41 Å². The fourth-order valence-corrected chi connectivity index (χ4v) is 2.04. The van der Waals surface area contributed by atoms with Gasteiger partial charge in [0.1, 0.15) is 4.90 Å². The highest BCUT2D eigenvalue weighted by Gasteiger charge is 2.18. The molecule has 96 valence electrons. The molecule has 0 aliphatic carbocycles. The zero-order chi connectivity index (χ0) is 13.1. The minimum absolute atomic E-state index is 0.0618. The van der Waals surface area contributed by atoms with Crippen LogP contribution in [-0.2, 0) is 9.05 Å². The number of hydrogen-bond acceptors (Lipinski definition) is 4. The average molecular weight is 278 g/mol. The molecule has 1 heterocycles. The van der Waals surface area contributed by atoms with E-state index in [0.717, 1.165) is 6.42 Å². The summed E-state index contributed by atoms with van der Waals surface area (Å²) in [7, 11) is 1.47. The van der Waals surface area contributed by atoms with Gasteiger partial charge in [-0.05, 0) is 24.0 Å². The van der Waals surface area contributed by atoms with Crippen molar-refractivity contribution in [2.45, 2.75) is 32.1 Å². The first-order valence-electron chi connectivity index (χ1n) is 5.23. The third-order valence-corrected chi connectivity index (χ3v) is 3.42.